The Morgan fingerprint density at radius 2 is 2.00 bits per heavy atom. The molecule has 1 aliphatic heterocycles. The third kappa shape index (κ3) is 1.78. The van der Waals surface area contributed by atoms with Crippen molar-refractivity contribution >= 4 is 5.69 Å². The fourth-order valence-corrected chi connectivity index (χ4v) is 2.14. The molecule has 0 aliphatic carbocycles. The molecule has 1 aromatic heterocycles. The van der Waals surface area contributed by atoms with Crippen LogP contribution in [0.25, 0.3) is 11.4 Å². The van der Waals surface area contributed by atoms with Crippen molar-refractivity contribution in [2.45, 2.75) is 25.4 Å². The Labute approximate surface area is 99.4 Å². The van der Waals surface area contributed by atoms with Crippen molar-refractivity contribution < 1.29 is 0 Å². The minimum atomic E-state index is -0.0335. The zero-order chi connectivity index (χ0) is 11.8. The van der Waals surface area contributed by atoms with Gasteiger partial charge in [0, 0.05) is 17.7 Å². The molecular weight excluding hydrogens is 214 g/mol. The zero-order valence-electron chi connectivity index (χ0n) is 9.50. The van der Waals surface area contributed by atoms with Gasteiger partial charge in [-0.15, -0.1) is 5.10 Å². The summed E-state index contributed by atoms with van der Waals surface area (Å²) in [7, 11) is 0. The number of nitrogens with two attached hydrogens (primary N) is 2. The molecule has 0 saturated carbocycles. The minimum absolute atomic E-state index is 0.0335. The molecule has 0 fully saturated rings. The number of nitrogen functional groups attached to an aromatic ring is 1. The second kappa shape index (κ2) is 3.85. The van der Waals surface area contributed by atoms with E-state index < -0.39 is 0 Å². The first-order chi connectivity index (χ1) is 8.24. The van der Waals surface area contributed by atoms with E-state index in [2.05, 4.69) is 10.1 Å². The number of fused-ring (bicyclic) bond motifs is 1. The summed E-state index contributed by atoms with van der Waals surface area (Å²) in [4.78, 5) is 4.53. The van der Waals surface area contributed by atoms with Crippen LogP contribution in [-0.4, -0.2) is 14.8 Å². The van der Waals surface area contributed by atoms with E-state index >= 15 is 0 Å². The number of aromatic nitrogens is 3. The SMILES string of the molecule is Nc1ccc(-c2nc3n(n2)C(N)CCC3)cc1. The molecular formula is C12H15N5. The number of benzene rings is 1. The average molecular weight is 229 g/mol. The van der Waals surface area contributed by atoms with Crippen LogP contribution in [0, 0.1) is 0 Å². The van der Waals surface area contributed by atoms with Crippen molar-refractivity contribution in [1.29, 1.82) is 0 Å². The summed E-state index contributed by atoms with van der Waals surface area (Å²) in [6.45, 7) is 0. The highest BCUT2D eigenvalue weighted by Gasteiger charge is 2.20. The van der Waals surface area contributed by atoms with Gasteiger partial charge >= 0.3 is 0 Å². The summed E-state index contributed by atoms with van der Waals surface area (Å²) >= 11 is 0. The van der Waals surface area contributed by atoms with Crippen LogP contribution in [0.2, 0.25) is 0 Å². The Hall–Kier alpha value is -1.88. The van der Waals surface area contributed by atoms with Crippen molar-refractivity contribution in [3.05, 3.63) is 30.1 Å². The molecule has 1 aromatic carbocycles. The normalized spacial score (nSPS) is 19.0. The van der Waals surface area contributed by atoms with E-state index in [1.807, 2.05) is 28.9 Å². The van der Waals surface area contributed by atoms with E-state index in [-0.39, 0.29) is 6.17 Å². The van der Waals surface area contributed by atoms with E-state index in [0.717, 1.165) is 42.2 Å². The molecule has 2 aromatic rings. The largest absolute Gasteiger partial charge is 0.399 e. The molecule has 2 heterocycles. The van der Waals surface area contributed by atoms with Gasteiger partial charge in [0.05, 0.1) is 0 Å². The lowest BCUT2D eigenvalue weighted by Gasteiger charge is -2.18. The maximum Gasteiger partial charge on any atom is 0.181 e. The van der Waals surface area contributed by atoms with Gasteiger partial charge in [0.15, 0.2) is 5.82 Å². The third-order valence-corrected chi connectivity index (χ3v) is 3.09. The van der Waals surface area contributed by atoms with Crippen LogP contribution < -0.4 is 11.5 Å². The van der Waals surface area contributed by atoms with Gasteiger partial charge in [-0.25, -0.2) is 9.67 Å². The highest BCUT2D eigenvalue weighted by molar-refractivity contribution is 5.58. The summed E-state index contributed by atoms with van der Waals surface area (Å²) in [5.41, 5.74) is 13.4. The second-order valence-electron chi connectivity index (χ2n) is 4.38. The average Bonchev–Trinajstić information content (AvgIpc) is 2.75. The number of anilines is 1. The molecule has 0 saturated heterocycles. The quantitative estimate of drug-likeness (QED) is 0.722. The Morgan fingerprint density at radius 1 is 1.24 bits per heavy atom. The molecule has 5 nitrogen and oxygen atoms in total. The molecule has 1 atom stereocenters. The lowest BCUT2D eigenvalue weighted by molar-refractivity contribution is 0.373. The van der Waals surface area contributed by atoms with Crippen LogP contribution in [0.15, 0.2) is 24.3 Å². The van der Waals surface area contributed by atoms with E-state index in [9.17, 15) is 0 Å². The fraction of sp³-hybridized carbons (Fsp3) is 0.333. The predicted molar refractivity (Wildman–Crippen MR) is 66.0 cm³/mol. The number of aryl methyl sites for hydroxylation is 1. The van der Waals surface area contributed by atoms with Crippen molar-refractivity contribution in [2.24, 2.45) is 5.73 Å². The predicted octanol–water partition coefficient (Wildman–Crippen LogP) is 1.32. The standard InChI is InChI=1S/C12H15N5/c13-9-6-4-8(5-7-9)12-15-11-3-1-2-10(14)17(11)16-12/h4-7,10H,1-3,13-14H2. The third-order valence-electron chi connectivity index (χ3n) is 3.09. The molecule has 4 N–H and O–H groups in total. The fourth-order valence-electron chi connectivity index (χ4n) is 2.14. The Kier molecular flexibility index (Phi) is 2.33. The molecule has 5 heteroatoms. The molecule has 0 radical (unpaired) electrons. The van der Waals surface area contributed by atoms with Crippen LogP contribution in [0.1, 0.15) is 24.8 Å². The first kappa shape index (κ1) is 10.3. The topological polar surface area (TPSA) is 82.8 Å². The summed E-state index contributed by atoms with van der Waals surface area (Å²) in [5, 5.41) is 4.47. The first-order valence-electron chi connectivity index (χ1n) is 5.81. The van der Waals surface area contributed by atoms with E-state index in [1.165, 1.54) is 0 Å². The van der Waals surface area contributed by atoms with Crippen molar-refractivity contribution in [3.63, 3.8) is 0 Å². The van der Waals surface area contributed by atoms with Gasteiger partial charge in [0.25, 0.3) is 0 Å². The highest BCUT2D eigenvalue weighted by atomic mass is 15.4. The number of hydrogen-bond donors (Lipinski definition) is 2. The van der Waals surface area contributed by atoms with Gasteiger partial charge in [-0.1, -0.05) is 0 Å². The van der Waals surface area contributed by atoms with Crippen LogP contribution in [0.4, 0.5) is 5.69 Å². The van der Waals surface area contributed by atoms with E-state index in [1.54, 1.807) is 0 Å². The lowest BCUT2D eigenvalue weighted by Crippen LogP contribution is -2.25. The Balaban J connectivity index is 2.02. The zero-order valence-corrected chi connectivity index (χ0v) is 9.50. The van der Waals surface area contributed by atoms with Gasteiger partial charge in [0.2, 0.25) is 0 Å². The van der Waals surface area contributed by atoms with Gasteiger partial charge < -0.3 is 11.5 Å². The van der Waals surface area contributed by atoms with Gasteiger partial charge in [-0.3, -0.25) is 0 Å². The van der Waals surface area contributed by atoms with Crippen LogP contribution >= 0.6 is 0 Å². The van der Waals surface area contributed by atoms with Crippen LogP contribution in [0.3, 0.4) is 0 Å². The Morgan fingerprint density at radius 3 is 2.71 bits per heavy atom. The van der Waals surface area contributed by atoms with Crippen molar-refractivity contribution in [2.75, 3.05) is 5.73 Å². The van der Waals surface area contributed by atoms with E-state index in [0.29, 0.717) is 0 Å². The highest BCUT2D eigenvalue weighted by Crippen LogP contribution is 2.23. The maximum atomic E-state index is 6.00. The molecule has 3 rings (SSSR count). The number of rotatable bonds is 1. The van der Waals surface area contributed by atoms with E-state index in [4.69, 9.17) is 11.5 Å². The summed E-state index contributed by atoms with van der Waals surface area (Å²) in [6.07, 6.45) is 2.97. The van der Waals surface area contributed by atoms with Gasteiger partial charge in [0.1, 0.15) is 12.0 Å². The Bertz CT molecular complexity index is 528. The number of hydrogen-bond acceptors (Lipinski definition) is 4. The summed E-state index contributed by atoms with van der Waals surface area (Å²) in [5.74, 6) is 1.72. The molecule has 0 amide bonds. The maximum absolute atomic E-state index is 6.00. The van der Waals surface area contributed by atoms with Crippen molar-refractivity contribution in [3.8, 4) is 11.4 Å². The summed E-state index contributed by atoms with van der Waals surface area (Å²) < 4.78 is 1.84. The van der Waals surface area contributed by atoms with Gasteiger partial charge in [-0.2, -0.15) is 0 Å². The molecule has 0 spiro atoms. The van der Waals surface area contributed by atoms with Gasteiger partial charge in [-0.05, 0) is 37.1 Å². The molecule has 88 valence electrons. The molecule has 1 aliphatic rings. The monoisotopic (exact) mass is 229 g/mol. The smallest absolute Gasteiger partial charge is 0.181 e. The van der Waals surface area contributed by atoms with Crippen LogP contribution in [-0.2, 0) is 6.42 Å². The molecule has 1 unspecified atom stereocenters. The first-order valence-corrected chi connectivity index (χ1v) is 5.81. The lowest BCUT2D eigenvalue weighted by atomic mass is 10.1. The second-order valence-corrected chi connectivity index (χ2v) is 4.38. The van der Waals surface area contributed by atoms with Crippen molar-refractivity contribution in [1.82, 2.24) is 14.8 Å². The van der Waals surface area contributed by atoms with Crippen LogP contribution in [0.5, 0.6) is 0 Å². The summed E-state index contributed by atoms with van der Waals surface area (Å²) in [6, 6.07) is 7.58. The molecule has 17 heavy (non-hydrogen) atoms. The number of nitrogens with zero attached hydrogens (tertiary/aromatic N) is 3. The molecule has 0 bridgehead atoms. The minimum Gasteiger partial charge on any atom is -0.399 e.